The predicted molar refractivity (Wildman–Crippen MR) is 127 cm³/mol. The molecule has 2 aliphatic rings. The number of hydrogen-bond acceptors (Lipinski definition) is 5. The number of rotatable bonds is 5. The first-order valence-electron chi connectivity index (χ1n) is 10.6. The number of amides is 2. The summed E-state index contributed by atoms with van der Waals surface area (Å²) in [5, 5.41) is 2.49. The maximum Gasteiger partial charge on any atom is 0.266 e. The summed E-state index contributed by atoms with van der Waals surface area (Å²) in [6.07, 6.45) is -0.971. The highest BCUT2D eigenvalue weighted by molar-refractivity contribution is 6.35. The van der Waals surface area contributed by atoms with Crippen molar-refractivity contribution < 1.29 is 19.2 Å². The minimum absolute atomic E-state index is 0.344. The van der Waals surface area contributed by atoms with Gasteiger partial charge in [-0.3, -0.25) is 14.4 Å². The average molecular weight is 483 g/mol. The van der Waals surface area contributed by atoms with Crippen LogP contribution in [0.25, 0.3) is 0 Å². The molecule has 0 unspecified atom stereocenters. The van der Waals surface area contributed by atoms with Crippen molar-refractivity contribution in [1.29, 1.82) is 0 Å². The van der Waals surface area contributed by atoms with Crippen LogP contribution in [0.4, 0.5) is 11.4 Å². The fraction of sp³-hybridized carbons (Fsp3) is 0.200. The number of halogens is 2. The van der Waals surface area contributed by atoms with Crippen molar-refractivity contribution in [2.24, 2.45) is 5.92 Å². The summed E-state index contributed by atoms with van der Waals surface area (Å²) in [6.45, 7) is 2.41. The second-order valence-electron chi connectivity index (χ2n) is 7.76. The quantitative estimate of drug-likeness (QED) is 0.453. The molecule has 2 heterocycles. The van der Waals surface area contributed by atoms with E-state index in [0.717, 1.165) is 5.69 Å². The van der Waals surface area contributed by atoms with E-state index in [4.69, 9.17) is 32.8 Å². The third-order valence-electron chi connectivity index (χ3n) is 5.81. The molecule has 3 aromatic carbocycles. The Balaban J connectivity index is 1.55. The van der Waals surface area contributed by atoms with E-state index in [9.17, 15) is 9.59 Å². The first kappa shape index (κ1) is 21.8. The average Bonchev–Trinajstić information content (AvgIpc) is 3.31. The van der Waals surface area contributed by atoms with E-state index in [1.807, 2.05) is 37.3 Å². The number of nitrogens with zero attached hydrogens (tertiary/aromatic N) is 2. The van der Waals surface area contributed by atoms with E-state index in [1.165, 1.54) is 4.90 Å². The largest absolute Gasteiger partial charge is 0.494 e. The number of hydroxylamine groups is 1. The molecule has 2 amide bonds. The molecule has 0 saturated carbocycles. The molecule has 0 N–H and O–H groups in total. The maximum absolute atomic E-state index is 13.6. The standard InChI is InChI=1S/C25H20Cl2N2O4/c1-2-32-18-11-9-16(10-12-18)28-24(30)21-22(19-13-8-15(26)14-20(19)27)29(33-23(21)25(28)31)17-6-4-3-5-7-17/h3-14,21-23H,2H2,1H3/t21-,22-,23+/m0/s1. The lowest BCUT2D eigenvalue weighted by Crippen LogP contribution is -2.37. The first-order valence-corrected chi connectivity index (χ1v) is 11.3. The van der Waals surface area contributed by atoms with Crippen LogP contribution in [-0.2, 0) is 14.4 Å². The van der Waals surface area contributed by atoms with Crippen LogP contribution in [-0.4, -0.2) is 24.5 Å². The molecule has 0 aromatic heterocycles. The lowest BCUT2D eigenvalue weighted by molar-refractivity contribution is -0.126. The fourth-order valence-electron chi connectivity index (χ4n) is 4.38. The Morgan fingerprint density at radius 3 is 2.30 bits per heavy atom. The van der Waals surface area contributed by atoms with Gasteiger partial charge in [0.15, 0.2) is 6.10 Å². The van der Waals surface area contributed by atoms with Crippen LogP contribution in [0.5, 0.6) is 5.75 Å². The highest BCUT2D eigenvalue weighted by Gasteiger charge is 2.60. The number of carbonyl (C=O) groups is 2. The molecule has 168 valence electrons. The Hall–Kier alpha value is -3.06. The van der Waals surface area contributed by atoms with Crippen LogP contribution < -0.4 is 14.7 Å². The monoisotopic (exact) mass is 482 g/mol. The highest BCUT2D eigenvalue weighted by atomic mass is 35.5. The Morgan fingerprint density at radius 1 is 0.909 bits per heavy atom. The van der Waals surface area contributed by atoms with Crippen molar-refractivity contribution in [3.05, 3.63) is 88.4 Å². The summed E-state index contributed by atoms with van der Waals surface area (Å²) in [4.78, 5) is 34.3. The van der Waals surface area contributed by atoms with Crippen LogP contribution in [0.15, 0.2) is 72.8 Å². The number of benzene rings is 3. The maximum atomic E-state index is 13.6. The van der Waals surface area contributed by atoms with Crippen molar-refractivity contribution in [2.75, 3.05) is 16.6 Å². The zero-order valence-corrected chi connectivity index (χ0v) is 19.2. The third-order valence-corrected chi connectivity index (χ3v) is 6.38. The SMILES string of the molecule is CCOc1ccc(N2C(=O)[C@@H]3[C@@H](ON(c4ccccc4)[C@H]3c3ccc(Cl)cc3Cl)C2=O)cc1. The third kappa shape index (κ3) is 3.74. The van der Waals surface area contributed by atoms with Crippen molar-refractivity contribution in [3.8, 4) is 5.75 Å². The van der Waals surface area contributed by atoms with Gasteiger partial charge in [-0.1, -0.05) is 47.5 Å². The Morgan fingerprint density at radius 2 is 1.64 bits per heavy atom. The van der Waals surface area contributed by atoms with Gasteiger partial charge in [-0.15, -0.1) is 0 Å². The summed E-state index contributed by atoms with van der Waals surface area (Å²) < 4.78 is 5.47. The van der Waals surface area contributed by atoms with E-state index < -0.39 is 24.0 Å². The normalized spacial score (nSPS) is 22.1. The van der Waals surface area contributed by atoms with Crippen LogP contribution in [0.2, 0.25) is 10.0 Å². The molecule has 0 bridgehead atoms. The second-order valence-corrected chi connectivity index (χ2v) is 8.61. The van der Waals surface area contributed by atoms with Gasteiger partial charge in [0.2, 0.25) is 5.91 Å². The van der Waals surface area contributed by atoms with Gasteiger partial charge >= 0.3 is 0 Å². The Bertz CT molecular complexity index is 1200. The summed E-state index contributed by atoms with van der Waals surface area (Å²) in [7, 11) is 0. The second kappa shape index (κ2) is 8.71. The first-order chi connectivity index (χ1) is 16.0. The number of imide groups is 1. The zero-order chi connectivity index (χ0) is 23.1. The van der Waals surface area contributed by atoms with E-state index in [1.54, 1.807) is 47.5 Å². The van der Waals surface area contributed by atoms with E-state index >= 15 is 0 Å². The van der Waals surface area contributed by atoms with Crippen molar-refractivity contribution in [1.82, 2.24) is 0 Å². The van der Waals surface area contributed by atoms with Gasteiger partial charge in [0.05, 0.1) is 24.0 Å². The number of fused-ring (bicyclic) bond motifs is 1. The molecular weight excluding hydrogens is 463 g/mol. The smallest absolute Gasteiger partial charge is 0.266 e. The van der Waals surface area contributed by atoms with Crippen LogP contribution in [0, 0.1) is 5.92 Å². The van der Waals surface area contributed by atoms with E-state index in [-0.39, 0.29) is 5.91 Å². The molecule has 0 aliphatic carbocycles. The topological polar surface area (TPSA) is 59.1 Å². The van der Waals surface area contributed by atoms with Gasteiger partial charge in [0.25, 0.3) is 5.91 Å². The molecule has 33 heavy (non-hydrogen) atoms. The number of carbonyl (C=O) groups excluding carboxylic acids is 2. The van der Waals surface area contributed by atoms with Gasteiger partial charge in [-0.2, -0.15) is 0 Å². The molecule has 5 rings (SSSR count). The van der Waals surface area contributed by atoms with Crippen molar-refractivity contribution >= 4 is 46.4 Å². The van der Waals surface area contributed by atoms with E-state index in [2.05, 4.69) is 0 Å². The lowest BCUT2D eigenvalue weighted by atomic mass is 9.90. The predicted octanol–water partition coefficient (Wildman–Crippen LogP) is 5.44. The van der Waals surface area contributed by atoms with Gasteiger partial charge in [0.1, 0.15) is 11.7 Å². The number of ether oxygens (including phenoxy) is 1. The van der Waals surface area contributed by atoms with Gasteiger partial charge in [-0.05, 0) is 61.0 Å². The van der Waals surface area contributed by atoms with E-state index in [0.29, 0.717) is 33.7 Å². The Kier molecular flexibility index (Phi) is 5.74. The molecule has 8 heteroatoms. The van der Waals surface area contributed by atoms with Crippen LogP contribution in [0.3, 0.4) is 0 Å². The molecule has 2 saturated heterocycles. The summed E-state index contributed by atoms with van der Waals surface area (Å²) >= 11 is 12.7. The number of hydrogen-bond donors (Lipinski definition) is 0. The molecule has 3 aromatic rings. The van der Waals surface area contributed by atoms with Gasteiger partial charge in [-0.25, -0.2) is 9.96 Å². The molecule has 0 radical (unpaired) electrons. The number of para-hydroxylation sites is 1. The molecule has 2 aliphatic heterocycles. The Labute approximate surface area is 201 Å². The summed E-state index contributed by atoms with van der Waals surface area (Å²) in [5.74, 6) is -0.868. The fourth-order valence-corrected chi connectivity index (χ4v) is 4.90. The zero-order valence-electron chi connectivity index (χ0n) is 17.7. The van der Waals surface area contributed by atoms with Gasteiger partial charge in [0, 0.05) is 10.0 Å². The molecule has 6 nitrogen and oxygen atoms in total. The molecular formula is C25H20Cl2N2O4. The van der Waals surface area contributed by atoms with Crippen molar-refractivity contribution in [2.45, 2.75) is 19.1 Å². The lowest BCUT2D eigenvalue weighted by Gasteiger charge is -2.29. The van der Waals surface area contributed by atoms with Crippen molar-refractivity contribution in [3.63, 3.8) is 0 Å². The highest BCUT2D eigenvalue weighted by Crippen LogP contribution is 2.49. The van der Waals surface area contributed by atoms with Crippen LogP contribution >= 0.6 is 23.2 Å². The minimum atomic E-state index is -0.971. The van der Waals surface area contributed by atoms with Gasteiger partial charge < -0.3 is 4.74 Å². The van der Waals surface area contributed by atoms with Crippen LogP contribution in [0.1, 0.15) is 18.5 Å². The summed E-state index contributed by atoms with van der Waals surface area (Å²) in [5.41, 5.74) is 1.85. The molecule has 3 atom stereocenters. The molecule has 2 fully saturated rings. The summed E-state index contributed by atoms with van der Waals surface area (Å²) in [6, 6.07) is 20.7. The number of anilines is 2. The minimum Gasteiger partial charge on any atom is -0.494 e. The molecule has 0 spiro atoms.